The Labute approximate surface area is 236 Å². The second kappa shape index (κ2) is 10.7. The highest BCUT2D eigenvalue weighted by Gasteiger charge is 2.75. The van der Waals surface area contributed by atoms with Crippen LogP contribution in [0.5, 0.6) is 0 Å². The lowest BCUT2D eigenvalue weighted by atomic mass is 9.75. The van der Waals surface area contributed by atoms with Crippen LogP contribution in [0.3, 0.4) is 0 Å². The third-order valence-corrected chi connectivity index (χ3v) is 8.89. The molecule has 0 radical (unpaired) electrons. The van der Waals surface area contributed by atoms with E-state index in [2.05, 4.69) is 18.7 Å². The second-order valence-corrected chi connectivity index (χ2v) is 11.8. The molecule has 6 atom stereocenters. The lowest BCUT2D eigenvalue weighted by molar-refractivity contribution is -0.158. The number of nitrogens with zero attached hydrogens (tertiary/aromatic N) is 3. The maximum atomic E-state index is 14.6. The Morgan fingerprint density at radius 1 is 1.02 bits per heavy atom. The number of likely N-dealkylation sites (tertiary alicyclic amines) is 1. The van der Waals surface area contributed by atoms with Gasteiger partial charge in [-0.25, -0.2) is 0 Å². The number of aliphatic hydroxyl groups is 1. The molecule has 0 aromatic heterocycles. The molecule has 2 fully saturated rings. The quantitative estimate of drug-likeness (QED) is 0.392. The maximum Gasteiger partial charge on any atom is 0.313 e. The van der Waals surface area contributed by atoms with Crippen LogP contribution in [-0.4, -0.2) is 83.9 Å². The summed E-state index contributed by atoms with van der Waals surface area (Å²) in [6.45, 7) is 11.8. The van der Waals surface area contributed by atoms with Gasteiger partial charge < -0.3 is 29.3 Å². The number of anilines is 2. The van der Waals surface area contributed by atoms with Crippen molar-refractivity contribution in [2.45, 2.75) is 64.3 Å². The summed E-state index contributed by atoms with van der Waals surface area (Å²) in [6, 6.07) is 6.20. The normalized spacial score (nSPS) is 32.0. The Balaban J connectivity index is 1.61. The molecule has 1 N–H and O–H groups in total. The topological polar surface area (TPSA) is 99.6 Å². The van der Waals surface area contributed by atoms with Gasteiger partial charge >= 0.3 is 5.97 Å². The minimum Gasteiger partial charge on any atom is -0.461 e. The first kappa shape index (κ1) is 28.4. The van der Waals surface area contributed by atoms with Crippen molar-refractivity contribution in [3.05, 3.63) is 48.6 Å². The van der Waals surface area contributed by atoms with Crippen LogP contribution >= 0.6 is 0 Å². The molecule has 1 spiro atoms. The highest BCUT2D eigenvalue weighted by atomic mass is 16.6. The molecule has 4 heterocycles. The van der Waals surface area contributed by atoms with E-state index >= 15 is 0 Å². The third-order valence-electron chi connectivity index (χ3n) is 8.89. The van der Waals surface area contributed by atoms with Gasteiger partial charge in [-0.3, -0.25) is 14.4 Å². The predicted molar refractivity (Wildman–Crippen MR) is 152 cm³/mol. The smallest absolute Gasteiger partial charge is 0.313 e. The van der Waals surface area contributed by atoms with Crippen LogP contribution in [0.2, 0.25) is 0 Å². The molecule has 2 saturated heterocycles. The standard InChI is InChI=1S/C31H41N3O6/c1-6-32(7-2)21-10-12-22(13-11-21)33-16-8-15-31-24(25-29(38)39-17-9-14-30(25,5)40-31)27(36)34(26(31)28(33)37)23(19-35)18-20(3)4/h8-15,20,23-26,35H,6-7,16-19H2,1-5H3/t23-,24+,25+,26?,30-,31+/m1/s1. The highest BCUT2D eigenvalue weighted by Crippen LogP contribution is 2.58. The van der Waals surface area contributed by atoms with Crippen molar-refractivity contribution < 1.29 is 29.0 Å². The minimum atomic E-state index is -1.38. The van der Waals surface area contributed by atoms with Crippen LogP contribution in [0, 0.1) is 17.8 Å². The van der Waals surface area contributed by atoms with Gasteiger partial charge in [0, 0.05) is 31.0 Å². The van der Waals surface area contributed by atoms with Crippen LogP contribution in [0.1, 0.15) is 41.0 Å². The van der Waals surface area contributed by atoms with Gasteiger partial charge in [0.1, 0.15) is 24.2 Å². The van der Waals surface area contributed by atoms with Gasteiger partial charge in [0.05, 0.1) is 24.2 Å². The average Bonchev–Trinajstić information content (AvgIpc) is 3.19. The SMILES string of the molecule is CCN(CC)c1ccc(N2CC=C[C@]34O[C@]5(C)C=CCOC(=O)[C@@H]5[C@H]3C(=O)N([C@@H](CO)CC(C)C)C4C2=O)cc1. The second-order valence-electron chi connectivity index (χ2n) is 11.8. The molecule has 216 valence electrons. The van der Waals surface area contributed by atoms with Gasteiger partial charge in [-0.15, -0.1) is 0 Å². The van der Waals surface area contributed by atoms with Crippen molar-refractivity contribution in [1.29, 1.82) is 0 Å². The summed E-state index contributed by atoms with van der Waals surface area (Å²) in [4.78, 5) is 47.7. The fourth-order valence-electron chi connectivity index (χ4n) is 7.17. The number of esters is 1. The number of aliphatic hydroxyl groups excluding tert-OH is 1. The van der Waals surface area contributed by atoms with Gasteiger partial charge in [-0.1, -0.05) is 32.1 Å². The van der Waals surface area contributed by atoms with Crippen molar-refractivity contribution in [2.75, 3.05) is 42.6 Å². The van der Waals surface area contributed by atoms with E-state index in [4.69, 9.17) is 9.47 Å². The Morgan fingerprint density at radius 3 is 2.35 bits per heavy atom. The number of hydrogen-bond acceptors (Lipinski definition) is 7. The number of benzene rings is 1. The molecule has 0 aliphatic carbocycles. The molecule has 0 bridgehead atoms. The summed E-state index contributed by atoms with van der Waals surface area (Å²) < 4.78 is 12.2. The number of fused-ring (bicyclic) bond motifs is 2. The monoisotopic (exact) mass is 551 g/mol. The van der Waals surface area contributed by atoms with Crippen molar-refractivity contribution in [3.8, 4) is 0 Å². The average molecular weight is 552 g/mol. The van der Waals surface area contributed by atoms with E-state index in [1.807, 2.05) is 50.3 Å². The molecule has 9 nitrogen and oxygen atoms in total. The number of amides is 2. The van der Waals surface area contributed by atoms with Gasteiger partial charge in [0.2, 0.25) is 5.91 Å². The summed E-state index contributed by atoms with van der Waals surface area (Å²) in [7, 11) is 0. The largest absolute Gasteiger partial charge is 0.461 e. The van der Waals surface area contributed by atoms with Crippen LogP contribution in [0.25, 0.3) is 0 Å². The molecule has 1 aromatic rings. The zero-order chi connectivity index (χ0) is 28.8. The molecular weight excluding hydrogens is 510 g/mol. The van der Waals surface area contributed by atoms with E-state index in [0.29, 0.717) is 12.1 Å². The first-order valence-electron chi connectivity index (χ1n) is 14.4. The number of ether oxygens (including phenoxy) is 2. The Hall–Kier alpha value is -3.17. The maximum absolute atomic E-state index is 14.6. The summed E-state index contributed by atoms with van der Waals surface area (Å²) in [5.41, 5.74) is -0.721. The fourth-order valence-corrected chi connectivity index (χ4v) is 7.17. The number of carbonyl (C=O) groups is 3. The van der Waals surface area contributed by atoms with Gasteiger partial charge in [-0.2, -0.15) is 0 Å². The molecule has 1 aromatic carbocycles. The van der Waals surface area contributed by atoms with Crippen molar-refractivity contribution in [3.63, 3.8) is 0 Å². The van der Waals surface area contributed by atoms with Gasteiger partial charge in [0.15, 0.2) is 0 Å². The van der Waals surface area contributed by atoms with Crippen LogP contribution < -0.4 is 9.80 Å². The summed E-state index contributed by atoms with van der Waals surface area (Å²) in [6.07, 6.45) is 7.69. The Kier molecular flexibility index (Phi) is 7.56. The van der Waals surface area contributed by atoms with Gasteiger partial charge in [0.25, 0.3) is 5.91 Å². The number of hydrogen-bond donors (Lipinski definition) is 1. The lowest BCUT2D eigenvalue weighted by Crippen LogP contribution is -2.59. The van der Waals surface area contributed by atoms with Crippen LogP contribution in [-0.2, 0) is 23.9 Å². The lowest BCUT2D eigenvalue weighted by Gasteiger charge is -2.40. The zero-order valence-corrected chi connectivity index (χ0v) is 24.1. The Morgan fingerprint density at radius 2 is 1.73 bits per heavy atom. The molecule has 4 aliphatic rings. The van der Waals surface area contributed by atoms with Crippen molar-refractivity contribution >= 4 is 29.2 Å². The van der Waals surface area contributed by atoms with Crippen molar-refractivity contribution in [2.24, 2.45) is 17.8 Å². The van der Waals surface area contributed by atoms with Crippen LogP contribution in [0.15, 0.2) is 48.6 Å². The first-order chi connectivity index (χ1) is 19.1. The van der Waals surface area contributed by atoms with E-state index in [1.165, 1.54) is 4.90 Å². The molecular formula is C31H41N3O6. The molecule has 0 saturated carbocycles. The summed E-state index contributed by atoms with van der Waals surface area (Å²) in [5, 5.41) is 10.5. The molecule has 40 heavy (non-hydrogen) atoms. The number of rotatable bonds is 8. The van der Waals surface area contributed by atoms with Crippen LogP contribution in [0.4, 0.5) is 11.4 Å². The van der Waals surface area contributed by atoms with E-state index < -0.39 is 41.1 Å². The summed E-state index contributed by atoms with van der Waals surface area (Å²) >= 11 is 0. The third kappa shape index (κ3) is 4.34. The molecule has 4 aliphatic heterocycles. The number of carbonyl (C=O) groups excluding carboxylic acids is 3. The highest BCUT2D eigenvalue weighted by molar-refractivity contribution is 6.06. The van der Waals surface area contributed by atoms with E-state index in [1.54, 1.807) is 24.0 Å². The van der Waals surface area contributed by atoms with Crippen molar-refractivity contribution in [1.82, 2.24) is 4.90 Å². The predicted octanol–water partition coefficient (Wildman–Crippen LogP) is 2.93. The molecule has 2 amide bonds. The van der Waals surface area contributed by atoms with E-state index in [-0.39, 0.29) is 37.5 Å². The van der Waals surface area contributed by atoms with E-state index in [9.17, 15) is 19.5 Å². The molecule has 5 rings (SSSR count). The molecule has 1 unspecified atom stereocenters. The van der Waals surface area contributed by atoms with Gasteiger partial charge in [-0.05, 0) is 63.5 Å². The first-order valence-corrected chi connectivity index (χ1v) is 14.4. The molecule has 9 heteroatoms. The zero-order valence-electron chi connectivity index (χ0n) is 24.1. The number of cyclic esters (lactones) is 1. The van der Waals surface area contributed by atoms with E-state index in [0.717, 1.165) is 18.8 Å². The summed E-state index contributed by atoms with van der Waals surface area (Å²) in [5.74, 6) is -2.87. The fraction of sp³-hybridized carbons (Fsp3) is 0.581. The minimum absolute atomic E-state index is 0.105. The Bertz CT molecular complexity index is 1210.